The Morgan fingerprint density at radius 1 is 1.43 bits per heavy atom. The second-order valence-corrected chi connectivity index (χ2v) is 4.12. The monoisotopic (exact) mass is 202 g/mol. The van der Waals surface area contributed by atoms with Crippen LogP contribution < -0.4 is 5.32 Å². The van der Waals surface area contributed by atoms with Crippen molar-refractivity contribution in [2.75, 3.05) is 5.32 Å². The molecule has 1 aromatic carbocycles. The average molecular weight is 202 g/mol. The third-order valence-corrected chi connectivity index (χ3v) is 2.93. The molecule has 1 N–H and O–H groups in total. The molecule has 70 valence electrons. The van der Waals surface area contributed by atoms with Gasteiger partial charge in [-0.25, -0.2) is 0 Å². The van der Waals surface area contributed by atoms with Gasteiger partial charge >= 0.3 is 0 Å². The first-order valence-corrected chi connectivity index (χ1v) is 5.31. The van der Waals surface area contributed by atoms with E-state index < -0.39 is 0 Å². The molecule has 0 radical (unpaired) electrons. The lowest BCUT2D eigenvalue weighted by Gasteiger charge is -2.07. The van der Waals surface area contributed by atoms with Crippen molar-refractivity contribution < 1.29 is 0 Å². The highest BCUT2D eigenvalue weighted by Crippen LogP contribution is 2.24. The second kappa shape index (κ2) is 3.69. The topological polar surface area (TPSA) is 35.8 Å². The molecule has 0 amide bonds. The summed E-state index contributed by atoms with van der Waals surface area (Å²) in [6, 6.07) is 10.2. The lowest BCUT2D eigenvalue weighted by atomic mass is 10.2. The van der Waals surface area contributed by atoms with Crippen LogP contribution in [-0.4, -0.2) is 6.04 Å². The molecule has 1 aromatic heterocycles. The average Bonchev–Trinajstić information content (AvgIpc) is 2.64. The van der Waals surface area contributed by atoms with Crippen LogP contribution in [0.5, 0.6) is 0 Å². The number of hydrogen-bond acceptors (Lipinski definition) is 3. The van der Waals surface area contributed by atoms with Crippen molar-refractivity contribution in [1.82, 2.24) is 0 Å². The summed E-state index contributed by atoms with van der Waals surface area (Å²) < 4.78 is 1.28. The number of hydrogen-bond donors (Lipinski definition) is 1. The van der Waals surface area contributed by atoms with Crippen LogP contribution in [0.3, 0.4) is 0 Å². The van der Waals surface area contributed by atoms with Crippen LogP contribution in [-0.2, 0) is 0 Å². The Kier molecular flexibility index (Phi) is 2.38. The van der Waals surface area contributed by atoms with Crippen molar-refractivity contribution in [1.29, 1.82) is 5.26 Å². The maximum atomic E-state index is 8.66. The van der Waals surface area contributed by atoms with Gasteiger partial charge in [0.1, 0.15) is 6.04 Å². The standard InChI is InChI=1S/C11H10N2S/c1-8(7-12)13-10-2-3-11-9(6-10)4-5-14-11/h2-6,8,13H,1H3. The van der Waals surface area contributed by atoms with E-state index in [2.05, 4.69) is 35.0 Å². The van der Waals surface area contributed by atoms with Crippen LogP contribution in [0.1, 0.15) is 6.92 Å². The molecule has 0 saturated carbocycles. The molecule has 3 heteroatoms. The van der Waals surface area contributed by atoms with E-state index in [4.69, 9.17) is 5.26 Å². The first kappa shape index (κ1) is 9.04. The Morgan fingerprint density at radius 2 is 2.29 bits per heavy atom. The Hall–Kier alpha value is -1.53. The van der Waals surface area contributed by atoms with Crippen molar-refractivity contribution >= 4 is 27.1 Å². The van der Waals surface area contributed by atoms with E-state index in [1.54, 1.807) is 11.3 Å². The summed E-state index contributed by atoms with van der Waals surface area (Å²) in [5, 5.41) is 15.1. The molecule has 0 spiro atoms. The van der Waals surface area contributed by atoms with Crippen molar-refractivity contribution in [2.45, 2.75) is 13.0 Å². The van der Waals surface area contributed by atoms with Crippen LogP contribution in [0.2, 0.25) is 0 Å². The Bertz CT molecular complexity index is 481. The molecule has 1 unspecified atom stereocenters. The number of nitriles is 1. The number of anilines is 1. The summed E-state index contributed by atoms with van der Waals surface area (Å²) in [4.78, 5) is 0. The predicted octanol–water partition coefficient (Wildman–Crippen LogP) is 3.23. The van der Waals surface area contributed by atoms with Gasteiger partial charge in [0.25, 0.3) is 0 Å². The molecule has 0 saturated heterocycles. The van der Waals surface area contributed by atoms with Gasteiger partial charge in [-0.1, -0.05) is 0 Å². The van der Waals surface area contributed by atoms with E-state index in [0.29, 0.717) is 0 Å². The normalized spacial score (nSPS) is 12.3. The Morgan fingerprint density at radius 3 is 3.07 bits per heavy atom. The van der Waals surface area contributed by atoms with E-state index in [1.807, 2.05) is 13.0 Å². The quantitative estimate of drug-likeness (QED) is 0.811. The molecule has 0 aliphatic heterocycles. The van der Waals surface area contributed by atoms with Gasteiger partial charge in [-0.3, -0.25) is 0 Å². The van der Waals surface area contributed by atoms with E-state index in [0.717, 1.165) is 5.69 Å². The van der Waals surface area contributed by atoms with Crippen LogP contribution >= 0.6 is 11.3 Å². The number of benzene rings is 1. The Labute approximate surface area is 86.8 Å². The summed E-state index contributed by atoms with van der Waals surface area (Å²) in [6.07, 6.45) is 0. The first-order chi connectivity index (χ1) is 6.79. The summed E-state index contributed by atoms with van der Waals surface area (Å²) in [5.74, 6) is 0. The minimum absolute atomic E-state index is 0.147. The largest absolute Gasteiger partial charge is 0.370 e. The molecular formula is C11H10N2S. The highest BCUT2D eigenvalue weighted by atomic mass is 32.1. The molecule has 14 heavy (non-hydrogen) atoms. The number of thiophene rings is 1. The zero-order valence-electron chi connectivity index (χ0n) is 7.82. The summed E-state index contributed by atoms with van der Waals surface area (Å²) >= 11 is 1.73. The SMILES string of the molecule is CC(C#N)Nc1ccc2sccc2c1. The van der Waals surface area contributed by atoms with Gasteiger partial charge < -0.3 is 5.32 Å². The van der Waals surface area contributed by atoms with Gasteiger partial charge in [0.05, 0.1) is 6.07 Å². The van der Waals surface area contributed by atoms with Crippen LogP contribution in [0.15, 0.2) is 29.6 Å². The third-order valence-electron chi connectivity index (χ3n) is 2.03. The summed E-state index contributed by atoms with van der Waals surface area (Å²) in [5.41, 5.74) is 1.00. The molecule has 2 aromatic rings. The Balaban J connectivity index is 2.31. The third kappa shape index (κ3) is 1.70. The van der Waals surface area contributed by atoms with Crippen molar-refractivity contribution in [3.05, 3.63) is 29.6 Å². The number of rotatable bonds is 2. The fourth-order valence-electron chi connectivity index (χ4n) is 1.34. The number of fused-ring (bicyclic) bond motifs is 1. The predicted molar refractivity (Wildman–Crippen MR) is 60.5 cm³/mol. The molecule has 0 aliphatic rings. The summed E-state index contributed by atoms with van der Waals surface area (Å²) in [6.45, 7) is 1.85. The molecular weight excluding hydrogens is 192 g/mol. The van der Waals surface area contributed by atoms with E-state index in [-0.39, 0.29) is 6.04 Å². The lowest BCUT2D eigenvalue weighted by molar-refractivity contribution is 1.01. The molecule has 1 heterocycles. The lowest BCUT2D eigenvalue weighted by Crippen LogP contribution is -2.11. The molecule has 0 fully saturated rings. The smallest absolute Gasteiger partial charge is 0.111 e. The highest BCUT2D eigenvalue weighted by molar-refractivity contribution is 7.17. The number of nitrogens with zero attached hydrogens (tertiary/aromatic N) is 1. The zero-order valence-corrected chi connectivity index (χ0v) is 8.64. The fourth-order valence-corrected chi connectivity index (χ4v) is 2.11. The highest BCUT2D eigenvalue weighted by Gasteiger charge is 2.00. The van der Waals surface area contributed by atoms with Crippen LogP contribution in [0.25, 0.3) is 10.1 Å². The molecule has 0 aliphatic carbocycles. The number of nitrogens with one attached hydrogen (secondary N) is 1. The minimum Gasteiger partial charge on any atom is -0.370 e. The minimum atomic E-state index is -0.147. The van der Waals surface area contributed by atoms with E-state index in [1.165, 1.54) is 10.1 Å². The summed E-state index contributed by atoms with van der Waals surface area (Å²) in [7, 11) is 0. The van der Waals surface area contributed by atoms with E-state index >= 15 is 0 Å². The van der Waals surface area contributed by atoms with Gasteiger partial charge in [-0.2, -0.15) is 5.26 Å². The fraction of sp³-hybridized carbons (Fsp3) is 0.182. The maximum Gasteiger partial charge on any atom is 0.111 e. The van der Waals surface area contributed by atoms with Gasteiger partial charge in [-0.15, -0.1) is 11.3 Å². The van der Waals surface area contributed by atoms with Gasteiger partial charge in [-0.05, 0) is 42.0 Å². The van der Waals surface area contributed by atoms with Crippen molar-refractivity contribution in [2.24, 2.45) is 0 Å². The maximum absolute atomic E-state index is 8.66. The first-order valence-electron chi connectivity index (χ1n) is 4.43. The molecule has 1 atom stereocenters. The molecule has 2 rings (SSSR count). The molecule has 2 nitrogen and oxygen atoms in total. The van der Waals surface area contributed by atoms with Crippen molar-refractivity contribution in [3.63, 3.8) is 0 Å². The van der Waals surface area contributed by atoms with Gasteiger partial charge in [0, 0.05) is 10.4 Å². The molecule has 0 bridgehead atoms. The zero-order chi connectivity index (χ0) is 9.97. The second-order valence-electron chi connectivity index (χ2n) is 3.17. The van der Waals surface area contributed by atoms with E-state index in [9.17, 15) is 0 Å². The van der Waals surface area contributed by atoms with Crippen LogP contribution in [0, 0.1) is 11.3 Å². The van der Waals surface area contributed by atoms with Gasteiger partial charge in [0.2, 0.25) is 0 Å². The van der Waals surface area contributed by atoms with Crippen molar-refractivity contribution in [3.8, 4) is 6.07 Å². The van der Waals surface area contributed by atoms with Gasteiger partial charge in [0.15, 0.2) is 0 Å². The van der Waals surface area contributed by atoms with Crippen LogP contribution in [0.4, 0.5) is 5.69 Å².